The van der Waals surface area contributed by atoms with Crippen molar-refractivity contribution in [3.8, 4) is 11.3 Å². The van der Waals surface area contributed by atoms with Gasteiger partial charge in [-0.2, -0.15) is 0 Å². The second kappa shape index (κ2) is 5.02. The molecule has 1 heterocycles. The molecular formula is C13H15BrN2O. The minimum atomic E-state index is 0.118. The summed E-state index contributed by atoms with van der Waals surface area (Å²) in [7, 11) is 1.89. The molecule has 0 saturated carbocycles. The highest BCUT2D eigenvalue weighted by Gasteiger charge is 2.13. The number of hydrogen-bond acceptors (Lipinski definition) is 3. The van der Waals surface area contributed by atoms with Crippen LogP contribution < -0.4 is 5.32 Å². The van der Waals surface area contributed by atoms with Crippen molar-refractivity contribution in [2.75, 3.05) is 7.05 Å². The first-order valence-corrected chi connectivity index (χ1v) is 6.30. The number of aryl methyl sites for hydroxylation is 1. The fourth-order valence-electron chi connectivity index (χ4n) is 1.56. The molecular weight excluding hydrogens is 280 g/mol. The molecule has 2 rings (SSSR count). The first kappa shape index (κ1) is 12.3. The van der Waals surface area contributed by atoms with E-state index in [0.29, 0.717) is 5.89 Å². The van der Waals surface area contributed by atoms with Crippen LogP contribution in [0, 0.1) is 6.92 Å². The van der Waals surface area contributed by atoms with E-state index in [1.165, 1.54) is 5.56 Å². The number of hydrogen-bond donors (Lipinski definition) is 1. The van der Waals surface area contributed by atoms with Crippen molar-refractivity contribution in [2.24, 2.45) is 0 Å². The molecule has 0 aliphatic rings. The Balaban J connectivity index is 2.37. The molecule has 0 spiro atoms. The summed E-state index contributed by atoms with van der Waals surface area (Å²) in [5.41, 5.74) is 2.24. The van der Waals surface area contributed by atoms with E-state index in [4.69, 9.17) is 4.42 Å². The summed E-state index contributed by atoms with van der Waals surface area (Å²) >= 11 is 3.54. The van der Waals surface area contributed by atoms with E-state index in [-0.39, 0.29) is 6.04 Å². The Bertz CT molecular complexity index is 522. The first-order valence-electron chi connectivity index (χ1n) is 5.51. The molecule has 90 valence electrons. The van der Waals surface area contributed by atoms with Crippen LogP contribution in [-0.4, -0.2) is 12.0 Å². The predicted molar refractivity (Wildman–Crippen MR) is 71.9 cm³/mol. The van der Waals surface area contributed by atoms with E-state index in [1.54, 1.807) is 6.20 Å². The molecule has 1 N–H and O–H groups in total. The third kappa shape index (κ3) is 2.58. The van der Waals surface area contributed by atoms with Gasteiger partial charge in [-0.1, -0.05) is 22.0 Å². The lowest BCUT2D eigenvalue weighted by molar-refractivity contribution is 0.441. The number of rotatable bonds is 3. The largest absolute Gasteiger partial charge is 0.439 e. The van der Waals surface area contributed by atoms with Crippen LogP contribution in [-0.2, 0) is 0 Å². The summed E-state index contributed by atoms with van der Waals surface area (Å²) in [5.74, 6) is 1.49. The van der Waals surface area contributed by atoms with Gasteiger partial charge in [-0.05, 0) is 38.6 Å². The van der Waals surface area contributed by atoms with Gasteiger partial charge < -0.3 is 9.73 Å². The van der Waals surface area contributed by atoms with E-state index in [0.717, 1.165) is 15.8 Å². The van der Waals surface area contributed by atoms with Crippen LogP contribution in [0.15, 0.2) is 33.3 Å². The molecule has 3 nitrogen and oxygen atoms in total. The van der Waals surface area contributed by atoms with Crippen LogP contribution in [0.3, 0.4) is 0 Å². The van der Waals surface area contributed by atoms with Crippen LogP contribution in [0.2, 0.25) is 0 Å². The first-order chi connectivity index (χ1) is 8.11. The Labute approximate surface area is 109 Å². The van der Waals surface area contributed by atoms with E-state index in [1.807, 2.05) is 20.0 Å². The molecule has 0 fully saturated rings. The zero-order chi connectivity index (χ0) is 12.4. The van der Waals surface area contributed by atoms with Crippen LogP contribution in [0.1, 0.15) is 24.4 Å². The number of nitrogens with one attached hydrogen (secondary N) is 1. The molecule has 0 aliphatic carbocycles. The number of oxazole rings is 1. The fourth-order valence-corrected chi connectivity index (χ4v) is 2.24. The quantitative estimate of drug-likeness (QED) is 0.938. The summed E-state index contributed by atoms with van der Waals surface area (Å²) in [6, 6.07) is 6.28. The molecule has 0 amide bonds. The van der Waals surface area contributed by atoms with Gasteiger partial charge in [0, 0.05) is 10.0 Å². The standard InChI is InChI=1S/C13H15BrN2O/c1-8-4-5-10(11(14)6-8)12-7-16-13(17-12)9(2)15-3/h4-7,9,15H,1-3H3. The average Bonchev–Trinajstić information content (AvgIpc) is 2.77. The molecule has 0 aliphatic heterocycles. The molecule has 0 bridgehead atoms. The average molecular weight is 295 g/mol. The smallest absolute Gasteiger partial charge is 0.211 e. The van der Waals surface area contributed by atoms with Crippen LogP contribution >= 0.6 is 15.9 Å². The van der Waals surface area contributed by atoms with Gasteiger partial charge in [0.2, 0.25) is 5.89 Å². The topological polar surface area (TPSA) is 38.1 Å². The van der Waals surface area contributed by atoms with Crippen LogP contribution in [0.5, 0.6) is 0 Å². The van der Waals surface area contributed by atoms with Gasteiger partial charge in [0.05, 0.1) is 12.2 Å². The lowest BCUT2D eigenvalue weighted by Gasteiger charge is -2.04. The van der Waals surface area contributed by atoms with Crippen molar-refractivity contribution in [2.45, 2.75) is 19.9 Å². The summed E-state index contributed by atoms with van der Waals surface area (Å²) in [6.45, 7) is 4.07. The number of nitrogens with zero attached hydrogens (tertiary/aromatic N) is 1. The van der Waals surface area contributed by atoms with E-state index >= 15 is 0 Å². The van der Waals surface area contributed by atoms with Gasteiger partial charge in [0.25, 0.3) is 0 Å². The minimum Gasteiger partial charge on any atom is -0.439 e. The van der Waals surface area contributed by atoms with Gasteiger partial charge in [-0.3, -0.25) is 0 Å². The maximum absolute atomic E-state index is 5.74. The van der Waals surface area contributed by atoms with Crippen molar-refractivity contribution < 1.29 is 4.42 Å². The van der Waals surface area contributed by atoms with E-state index in [2.05, 4.69) is 45.3 Å². The SMILES string of the molecule is CNC(C)c1ncc(-c2ccc(C)cc2Br)o1. The Hall–Kier alpha value is -1.13. The molecule has 4 heteroatoms. The summed E-state index contributed by atoms with van der Waals surface area (Å²) < 4.78 is 6.76. The van der Waals surface area contributed by atoms with Crippen molar-refractivity contribution in [3.63, 3.8) is 0 Å². The van der Waals surface area contributed by atoms with Gasteiger partial charge in [0.15, 0.2) is 5.76 Å². The Kier molecular flexibility index (Phi) is 3.64. The van der Waals surface area contributed by atoms with Gasteiger partial charge in [-0.25, -0.2) is 4.98 Å². The fraction of sp³-hybridized carbons (Fsp3) is 0.308. The molecule has 0 radical (unpaired) electrons. The zero-order valence-electron chi connectivity index (χ0n) is 10.1. The molecule has 1 aromatic carbocycles. The highest BCUT2D eigenvalue weighted by molar-refractivity contribution is 9.10. The Morgan fingerprint density at radius 3 is 2.82 bits per heavy atom. The maximum Gasteiger partial charge on any atom is 0.211 e. The number of benzene rings is 1. The second-order valence-electron chi connectivity index (χ2n) is 4.06. The molecule has 0 saturated heterocycles. The Morgan fingerprint density at radius 2 is 2.18 bits per heavy atom. The third-order valence-electron chi connectivity index (χ3n) is 2.72. The van der Waals surface area contributed by atoms with Gasteiger partial charge in [-0.15, -0.1) is 0 Å². The maximum atomic E-state index is 5.74. The molecule has 1 aromatic heterocycles. The zero-order valence-corrected chi connectivity index (χ0v) is 11.7. The normalized spacial score (nSPS) is 12.7. The lowest BCUT2D eigenvalue weighted by Crippen LogP contribution is -2.12. The second-order valence-corrected chi connectivity index (χ2v) is 4.91. The monoisotopic (exact) mass is 294 g/mol. The summed E-state index contributed by atoms with van der Waals surface area (Å²) in [6.07, 6.45) is 1.76. The van der Waals surface area contributed by atoms with Crippen LogP contribution in [0.4, 0.5) is 0 Å². The van der Waals surface area contributed by atoms with Gasteiger partial charge in [0.1, 0.15) is 0 Å². The van der Waals surface area contributed by atoms with E-state index < -0.39 is 0 Å². The molecule has 1 unspecified atom stereocenters. The highest BCUT2D eigenvalue weighted by atomic mass is 79.9. The van der Waals surface area contributed by atoms with Crippen molar-refractivity contribution in [1.82, 2.24) is 10.3 Å². The van der Waals surface area contributed by atoms with E-state index in [9.17, 15) is 0 Å². The molecule has 1 atom stereocenters. The number of halogens is 1. The minimum absolute atomic E-state index is 0.118. The van der Waals surface area contributed by atoms with Crippen molar-refractivity contribution in [3.05, 3.63) is 40.3 Å². The summed E-state index contributed by atoms with van der Waals surface area (Å²) in [5, 5.41) is 3.10. The lowest BCUT2D eigenvalue weighted by atomic mass is 10.1. The highest BCUT2D eigenvalue weighted by Crippen LogP contribution is 2.30. The molecule has 2 aromatic rings. The Morgan fingerprint density at radius 1 is 1.41 bits per heavy atom. The predicted octanol–water partition coefficient (Wildman–Crippen LogP) is 3.69. The van der Waals surface area contributed by atoms with Crippen molar-refractivity contribution >= 4 is 15.9 Å². The van der Waals surface area contributed by atoms with Crippen LogP contribution in [0.25, 0.3) is 11.3 Å². The summed E-state index contributed by atoms with van der Waals surface area (Å²) in [4.78, 5) is 4.28. The van der Waals surface area contributed by atoms with Gasteiger partial charge >= 0.3 is 0 Å². The number of aromatic nitrogens is 1. The van der Waals surface area contributed by atoms with Crippen molar-refractivity contribution in [1.29, 1.82) is 0 Å². The molecule has 17 heavy (non-hydrogen) atoms. The third-order valence-corrected chi connectivity index (χ3v) is 3.37.